The van der Waals surface area contributed by atoms with E-state index in [2.05, 4.69) is 55.0 Å². The van der Waals surface area contributed by atoms with E-state index >= 15 is 0 Å². The molecule has 6 nitrogen and oxygen atoms in total. The Balaban J connectivity index is 0.000000373. The van der Waals surface area contributed by atoms with Gasteiger partial charge < -0.3 is 19.3 Å². The van der Waals surface area contributed by atoms with Gasteiger partial charge in [0, 0.05) is 11.6 Å². The van der Waals surface area contributed by atoms with E-state index in [0.29, 0.717) is 24.7 Å². The second-order valence-electron chi connectivity index (χ2n) is 9.35. The Labute approximate surface area is 267 Å². The summed E-state index contributed by atoms with van der Waals surface area (Å²) in [5, 5.41) is 9.71. The molecule has 0 saturated heterocycles. The normalized spacial score (nSPS) is 9.66. The molecule has 0 bridgehead atoms. The van der Waals surface area contributed by atoms with Crippen LogP contribution in [0.2, 0.25) is 0 Å². The number of phenols is 1. The van der Waals surface area contributed by atoms with Crippen molar-refractivity contribution in [2.75, 3.05) is 13.2 Å². The van der Waals surface area contributed by atoms with Crippen LogP contribution in [0.1, 0.15) is 59.1 Å². The van der Waals surface area contributed by atoms with Gasteiger partial charge in [0.1, 0.15) is 11.5 Å². The topological polar surface area (TPSA) is 82.1 Å². The number of ether oxygens (including phenoxy) is 3. The minimum atomic E-state index is -0.738. The Morgan fingerprint density at radius 3 is 1.57 bits per heavy atom. The molecule has 4 rings (SSSR count). The van der Waals surface area contributed by atoms with Crippen LogP contribution >= 0.6 is 11.6 Å². The number of benzene rings is 4. The molecule has 0 aromatic heterocycles. The van der Waals surface area contributed by atoms with E-state index in [4.69, 9.17) is 21.1 Å². The lowest BCUT2D eigenvalue weighted by Gasteiger charge is -2.11. The minimum Gasteiger partial charge on any atom is -0.508 e. The van der Waals surface area contributed by atoms with Crippen molar-refractivity contribution in [3.63, 3.8) is 0 Å². The molecule has 44 heavy (non-hydrogen) atoms. The molecule has 0 unspecified atom stereocenters. The third kappa shape index (κ3) is 13.3. The predicted molar refractivity (Wildman–Crippen MR) is 181 cm³/mol. The summed E-state index contributed by atoms with van der Waals surface area (Å²) in [5.74, 6) is 0.983. The van der Waals surface area contributed by atoms with Gasteiger partial charge in [0.2, 0.25) is 0 Å². The number of rotatable bonds is 9. The Bertz CT molecular complexity index is 1390. The smallest absolute Gasteiger partial charge is 0.508 e. The summed E-state index contributed by atoms with van der Waals surface area (Å²) in [6, 6.07) is 32.1. The van der Waals surface area contributed by atoms with Gasteiger partial charge >= 0.3 is 11.6 Å². The van der Waals surface area contributed by atoms with Gasteiger partial charge in [-0.3, -0.25) is 0 Å². The van der Waals surface area contributed by atoms with Crippen molar-refractivity contribution in [3.8, 4) is 33.8 Å². The van der Waals surface area contributed by atoms with Crippen LogP contribution in [0.3, 0.4) is 0 Å². The fourth-order valence-corrected chi connectivity index (χ4v) is 4.28. The molecule has 0 aliphatic heterocycles. The summed E-state index contributed by atoms with van der Waals surface area (Å²) in [5.41, 5.74) is 5.95. The van der Waals surface area contributed by atoms with Crippen molar-refractivity contribution in [1.82, 2.24) is 0 Å². The molecule has 0 fully saturated rings. The Hall–Kier alpha value is -4.29. The summed E-state index contributed by atoms with van der Waals surface area (Å²) in [6.45, 7) is 8.33. The van der Waals surface area contributed by atoms with E-state index in [0.717, 1.165) is 47.9 Å². The standard InChI is InChI=1S/C18H20O3.C15H16O.C3H5ClO2.CH4/c1-3-8-16-13-15(14-9-6-5-7-10-14)11-12-17(16)21-18(19)20-4-2;1-2-6-14-11-13(9-10-15(14)16)12-7-4-3-5-8-12;1-2-6-3(4)5;/h5-7,9-13H,3-4,8H2,1-2H3;3-5,7-11,16H,2,6H2,1H3;2H2,1H3;1H4. The van der Waals surface area contributed by atoms with Crippen LogP contribution in [0.5, 0.6) is 11.5 Å². The van der Waals surface area contributed by atoms with E-state index in [1.807, 2.05) is 54.6 Å². The van der Waals surface area contributed by atoms with Crippen LogP contribution in [0, 0.1) is 0 Å². The number of carbonyl (C=O) groups excluding carboxylic acids is 2. The Kier molecular flexibility index (Phi) is 18.4. The molecule has 0 aliphatic rings. The summed E-state index contributed by atoms with van der Waals surface area (Å²) in [6.07, 6.45) is 3.16. The van der Waals surface area contributed by atoms with E-state index in [1.54, 1.807) is 19.9 Å². The summed E-state index contributed by atoms with van der Waals surface area (Å²) in [4.78, 5) is 21.1. The molecule has 0 spiro atoms. The number of aryl methyl sites for hydroxylation is 2. The maximum absolute atomic E-state index is 11.5. The highest BCUT2D eigenvalue weighted by Crippen LogP contribution is 2.28. The number of phenolic OH excluding ortho intramolecular Hbond substituents is 1. The lowest BCUT2D eigenvalue weighted by Crippen LogP contribution is -2.11. The van der Waals surface area contributed by atoms with Crippen LogP contribution in [-0.4, -0.2) is 29.9 Å². The van der Waals surface area contributed by atoms with Crippen LogP contribution < -0.4 is 4.74 Å². The lowest BCUT2D eigenvalue weighted by atomic mass is 10.0. The van der Waals surface area contributed by atoms with E-state index in [1.165, 1.54) is 11.1 Å². The average molecular weight is 621 g/mol. The summed E-state index contributed by atoms with van der Waals surface area (Å²) < 4.78 is 14.3. The van der Waals surface area contributed by atoms with Gasteiger partial charge in [-0.1, -0.05) is 107 Å². The highest BCUT2D eigenvalue weighted by Gasteiger charge is 2.11. The predicted octanol–water partition coefficient (Wildman–Crippen LogP) is 10.9. The number of hydrogen-bond donors (Lipinski definition) is 1. The second kappa shape index (κ2) is 21.4. The monoisotopic (exact) mass is 620 g/mol. The first-order valence-corrected chi connectivity index (χ1v) is 14.9. The van der Waals surface area contributed by atoms with Gasteiger partial charge in [-0.15, -0.1) is 0 Å². The molecule has 0 atom stereocenters. The van der Waals surface area contributed by atoms with Gasteiger partial charge in [0.05, 0.1) is 13.2 Å². The molecular formula is C37H45ClO6. The molecule has 236 valence electrons. The largest absolute Gasteiger partial charge is 0.513 e. The van der Waals surface area contributed by atoms with Crippen LogP contribution in [0.25, 0.3) is 22.3 Å². The number of halogens is 1. The highest BCUT2D eigenvalue weighted by atomic mass is 35.5. The second-order valence-corrected chi connectivity index (χ2v) is 9.66. The minimum absolute atomic E-state index is 0. The van der Waals surface area contributed by atoms with E-state index < -0.39 is 11.6 Å². The lowest BCUT2D eigenvalue weighted by molar-refractivity contribution is 0.104. The summed E-state index contributed by atoms with van der Waals surface area (Å²) >= 11 is 4.72. The SMILES string of the molecule is C.CCCc1cc(-c2ccccc2)ccc1O.CCCc1cc(-c2ccccc2)ccc1OC(=O)OCC.CCOC(=O)Cl. The molecule has 4 aromatic rings. The first-order chi connectivity index (χ1) is 20.8. The van der Waals surface area contributed by atoms with E-state index in [-0.39, 0.29) is 7.43 Å². The van der Waals surface area contributed by atoms with Gasteiger partial charge in [-0.2, -0.15) is 0 Å². The molecule has 1 N–H and O–H groups in total. The molecule has 0 radical (unpaired) electrons. The quantitative estimate of drug-likeness (QED) is 0.114. The van der Waals surface area contributed by atoms with Crippen LogP contribution in [0.15, 0.2) is 97.1 Å². The average Bonchev–Trinajstić information content (AvgIpc) is 3.01. The maximum atomic E-state index is 11.5. The van der Waals surface area contributed by atoms with Crippen molar-refractivity contribution in [2.24, 2.45) is 0 Å². The van der Waals surface area contributed by atoms with Gasteiger partial charge in [-0.25, -0.2) is 9.59 Å². The fourth-order valence-electron chi connectivity index (χ4n) is 4.17. The number of carbonyl (C=O) groups is 2. The van der Waals surface area contributed by atoms with E-state index in [9.17, 15) is 14.7 Å². The molecule has 0 heterocycles. The zero-order valence-corrected chi connectivity index (χ0v) is 26.1. The van der Waals surface area contributed by atoms with Crippen molar-refractivity contribution in [3.05, 3.63) is 108 Å². The van der Waals surface area contributed by atoms with Crippen LogP contribution in [-0.2, 0) is 22.3 Å². The fraction of sp³-hybridized carbons (Fsp3) is 0.297. The van der Waals surface area contributed by atoms with Crippen molar-refractivity contribution in [2.45, 2.75) is 60.8 Å². The number of aromatic hydroxyl groups is 1. The van der Waals surface area contributed by atoms with Gasteiger partial charge in [0.25, 0.3) is 0 Å². The van der Waals surface area contributed by atoms with Crippen molar-refractivity contribution < 1.29 is 28.9 Å². The molecule has 0 saturated carbocycles. The zero-order valence-electron chi connectivity index (χ0n) is 25.3. The Morgan fingerprint density at radius 1 is 0.636 bits per heavy atom. The third-order valence-electron chi connectivity index (χ3n) is 6.11. The maximum Gasteiger partial charge on any atom is 0.513 e. The van der Waals surface area contributed by atoms with Crippen molar-refractivity contribution >= 4 is 23.2 Å². The Morgan fingerprint density at radius 2 is 1.11 bits per heavy atom. The van der Waals surface area contributed by atoms with Gasteiger partial charge in [0.15, 0.2) is 0 Å². The summed E-state index contributed by atoms with van der Waals surface area (Å²) in [7, 11) is 0. The first kappa shape index (κ1) is 37.7. The molecule has 4 aromatic carbocycles. The third-order valence-corrected chi connectivity index (χ3v) is 6.22. The highest BCUT2D eigenvalue weighted by molar-refractivity contribution is 6.61. The number of hydrogen-bond acceptors (Lipinski definition) is 6. The first-order valence-electron chi connectivity index (χ1n) is 14.5. The molecule has 0 amide bonds. The zero-order chi connectivity index (χ0) is 31.5. The van der Waals surface area contributed by atoms with Gasteiger partial charge in [-0.05, 0) is 84.3 Å². The van der Waals surface area contributed by atoms with Crippen LogP contribution in [0.4, 0.5) is 9.59 Å². The molecular weight excluding hydrogens is 576 g/mol. The molecule has 0 aliphatic carbocycles. The van der Waals surface area contributed by atoms with Crippen molar-refractivity contribution in [1.29, 1.82) is 0 Å². The molecule has 7 heteroatoms.